The van der Waals surface area contributed by atoms with Crippen LogP contribution >= 0.6 is 15.9 Å². The molecule has 0 radical (unpaired) electrons. The van der Waals surface area contributed by atoms with Crippen molar-refractivity contribution in [2.75, 3.05) is 18.2 Å². The second-order valence-electron chi connectivity index (χ2n) is 6.93. The third-order valence-electron chi connectivity index (χ3n) is 4.15. The Hall–Kier alpha value is -0.670. The van der Waals surface area contributed by atoms with Crippen molar-refractivity contribution in [3.05, 3.63) is 0 Å². The average molecular weight is 641 g/mol. The number of ether oxygens (including phenoxy) is 2. The van der Waals surface area contributed by atoms with Gasteiger partial charge in [0.2, 0.25) is 0 Å². The Morgan fingerprint density at radius 2 is 0.971 bits per heavy atom. The Morgan fingerprint density at radius 3 is 1.17 bits per heavy atom. The summed E-state index contributed by atoms with van der Waals surface area (Å²) < 4.78 is 222. The van der Waals surface area contributed by atoms with Crippen LogP contribution < -0.4 is 0 Å². The average Bonchev–Trinajstić information content (AvgIpc) is 2.58. The van der Waals surface area contributed by atoms with Crippen molar-refractivity contribution in [1.82, 2.24) is 0 Å². The summed E-state index contributed by atoms with van der Waals surface area (Å²) in [6, 6.07) is 0. The maximum absolute atomic E-state index is 14.6. The molecule has 0 aliphatic carbocycles. The molecule has 0 aromatic rings. The Balaban J connectivity index is 6.92. The smallest absolute Gasteiger partial charge is 0.269 e. The maximum atomic E-state index is 14.6. The number of hydrogen-bond acceptors (Lipinski definition) is 5. The summed E-state index contributed by atoms with van der Waals surface area (Å²) in [4.78, 5) is 0. The van der Waals surface area contributed by atoms with Crippen molar-refractivity contribution >= 4 is 26.0 Å². The van der Waals surface area contributed by atoms with Crippen LogP contribution in [0.4, 0.5) is 61.5 Å². The van der Waals surface area contributed by atoms with Crippen LogP contribution in [-0.4, -0.2) is 75.2 Å². The van der Waals surface area contributed by atoms with E-state index in [1.54, 1.807) is 15.9 Å². The Morgan fingerprint density at radius 1 is 0.686 bits per heavy atom. The molecule has 0 aromatic carbocycles. The molecule has 0 rings (SSSR count). The summed E-state index contributed by atoms with van der Waals surface area (Å²) in [5, 5.41) is -2.42. The topological polar surface area (TPSA) is 61.8 Å². The first-order valence-corrected chi connectivity index (χ1v) is 11.4. The van der Waals surface area contributed by atoms with E-state index < -0.39 is 76.1 Å². The Bertz CT molecular complexity index is 787. The third kappa shape index (κ3) is 6.81. The molecule has 0 saturated carbocycles. The van der Waals surface area contributed by atoms with E-state index in [9.17, 15) is 69.9 Å². The van der Waals surface area contributed by atoms with Gasteiger partial charge in [-0.1, -0.05) is 15.9 Å². The van der Waals surface area contributed by atoms with E-state index in [1.807, 2.05) is 0 Å². The first-order chi connectivity index (χ1) is 15.1. The van der Waals surface area contributed by atoms with E-state index in [-0.39, 0.29) is 20.1 Å². The molecule has 0 saturated heterocycles. The minimum absolute atomic E-state index is 0.0366. The summed E-state index contributed by atoms with van der Waals surface area (Å²) >= 11 is 1.78. The zero-order valence-corrected chi connectivity index (χ0v) is 19.6. The van der Waals surface area contributed by atoms with Crippen molar-refractivity contribution in [3.8, 4) is 0 Å². The van der Waals surface area contributed by atoms with Crippen LogP contribution in [0.5, 0.6) is 0 Å². The van der Waals surface area contributed by atoms with Crippen LogP contribution in [0.15, 0.2) is 0 Å². The molecule has 212 valence electrons. The Labute approximate surface area is 196 Å². The zero-order valence-electron chi connectivity index (χ0n) is 17.2. The molecule has 0 heterocycles. The molecule has 2 unspecified atom stereocenters. The van der Waals surface area contributed by atoms with Crippen LogP contribution in [0.25, 0.3) is 0 Å². The molecule has 0 N–H and O–H groups in total. The second-order valence-corrected chi connectivity index (χ2v) is 9.14. The highest BCUT2D eigenvalue weighted by atomic mass is 79.9. The van der Waals surface area contributed by atoms with Gasteiger partial charge in [0.25, 0.3) is 10.1 Å². The lowest BCUT2D eigenvalue weighted by Gasteiger charge is -2.44. The summed E-state index contributed by atoms with van der Waals surface area (Å²) in [7, 11) is -5.15. The van der Waals surface area contributed by atoms with Gasteiger partial charge >= 0.3 is 36.3 Å². The SMILES string of the molecule is CC(F)C(F)(F)C(F)(F)OC(F)(F)C(CBr)(COS(C)(=O)=O)C(F)(F)OC(F)(F)C(F)(F)C(C)F. The molecule has 0 aromatic heterocycles. The summed E-state index contributed by atoms with van der Waals surface area (Å²) in [5.74, 6) is -12.4. The van der Waals surface area contributed by atoms with Crippen LogP contribution in [0.1, 0.15) is 13.8 Å². The minimum atomic E-state index is -6.71. The predicted octanol–water partition coefficient (Wildman–Crippen LogP) is 5.73. The lowest BCUT2D eigenvalue weighted by molar-refractivity contribution is -0.516. The summed E-state index contributed by atoms with van der Waals surface area (Å²) in [5.41, 5.74) is -5.40. The molecule has 0 amide bonds. The van der Waals surface area contributed by atoms with E-state index in [0.29, 0.717) is 0 Å². The molecular weight excluding hydrogens is 626 g/mol. The number of hydrogen-bond donors (Lipinski definition) is 0. The molecule has 5 nitrogen and oxygen atoms in total. The lowest BCUT2D eigenvalue weighted by atomic mass is 9.88. The van der Waals surface area contributed by atoms with Gasteiger partial charge in [-0.05, 0) is 13.8 Å². The summed E-state index contributed by atoms with van der Waals surface area (Å²) in [6.45, 7) is -3.53. The van der Waals surface area contributed by atoms with E-state index in [4.69, 9.17) is 0 Å². The van der Waals surface area contributed by atoms with Crippen LogP contribution in [0.2, 0.25) is 0 Å². The van der Waals surface area contributed by atoms with Crippen molar-refractivity contribution in [2.24, 2.45) is 5.41 Å². The molecule has 0 aliphatic heterocycles. The van der Waals surface area contributed by atoms with Gasteiger partial charge in [-0.2, -0.15) is 61.1 Å². The van der Waals surface area contributed by atoms with Gasteiger partial charge in [-0.25, -0.2) is 18.3 Å². The van der Waals surface area contributed by atoms with Gasteiger partial charge in [-0.3, -0.25) is 4.18 Å². The fourth-order valence-electron chi connectivity index (χ4n) is 1.86. The van der Waals surface area contributed by atoms with E-state index >= 15 is 0 Å². The highest BCUT2D eigenvalue weighted by molar-refractivity contribution is 9.09. The van der Waals surface area contributed by atoms with E-state index in [0.717, 1.165) is 0 Å². The van der Waals surface area contributed by atoms with E-state index in [1.165, 1.54) is 0 Å². The highest BCUT2D eigenvalue weighted by Crippen LogP contribution is 2.57. The van der Waals surface area contributed by atoms with Gasteiger partial charge in [0.05, 0.1) is 12.9 Å². The minimum Gasteiger partial charge on any atom is -0.269 e. The second kappa shape index (κ2) is 10.2. The lowest BCUT2D eigenvalue weighted by Crippen LogP contribution is -2.66. The molecular formula is C14H15BrF14O5S. The standard InChI is InChI=1S/C14H15BrF14O5S/c1-6(16)9(18,19)13(26,27)33-11(22,23)8(4-15,5-32-35(3,30)31)12(24,25)34-14(28,29)10(20,21)7(2)17/h6-7H,4-5H2,1-3H3. The third-order valence-corrected chi connectivity index (χ3v) is 5.65. The van der Waals surface area contributed by atoms with Crippen molar-refractivity contribution in [2.45, 2.75) is 62.5 Å². The van der Waals surface area contributed by atoms with Gasteiger partial charge < -0.3 is 0 Å². The maximum Gasteiger partial charge on any atom is 0.426 e. The normalized spacial score (nSPS) is 18.8. The predicted molar refractivity (Wildman–Crippen MR) is 90.0 cm³/mol. The molecule has 21 heteroatoms. The van der Waals surface area contributed by atoms with Crippen LogP contribution in [-0.2, 0) is 23.8 Å². The number of halogens is 15. The first-order valence-electron chi connectivity index (χ1n) is 8.42. The van der Waals surface area contributed by atoms with Crippen molar-refractivity contribution < 1.29 is 83.5 Å². The monoisotopic (exact) mass is 640 g/mol. The highest BCUT2D eigenvalue weighted by Gasteiger charge is 2.79. The molecule has 35 heavy (non-hydrogen) atoms. The summed E-state index contributed by atoms with van der Waals surface area (Å²) in [6.07, 6.45) is -34.8. The molecule has 0 bridgehead atoms. The Kier molecular flexibility index (Phi) is 10.0. The fourth-order valence-corrected chi connectivity index (χ4v) is 3.09. The van der Waals surface area contributed by atoms with Crippen LogP contribution in [0.3, 0.4) is 0 Å². The number of alkyl halides is 15. The van der Waals surface area contributed by atoms with Gasteiger partial charge in [-0.15, -0.1) is 0 Å². The van der Waals surface area contributed by atoms with Crippen LogP contribution in [0, 0.1) is 5.41 Å². The quantitative estimate of drug-likeness (QED) is 0.138. The molecule has 0 fully saturated rings. The first kappa shape index (κ1) is 34.3. The van der Waals surface area contributed by atoms with Gasteiger partial charge in [0.1, 0.15) is 0 Å². The number of rotatable bonds is 14. The van der Waals surface area contributed by atoms with E-state index in [2.05, 4.69) is 13.7 Å². The molecule has 2 atom stereocenters. The zero-order chi connectivity index (χ0) is 28.7. The van der Waals surface area contributed by atoms with Crippen molar-refractivity contribution in [3.63, 3.8) is 0 Å². The van der Waals surface area contributed by atoms with Gasteiger partial charge in [0, 0.05) is 5.33 Å². The van der Waals surface area contributed by atoms with Crippen molar-refractivity contribution in [1.29, 1.82) is 0 Å². The molecule has 0 aliphatic rings. The fraction of sp³-hybridized carbons (Fsp3) is 1.00. The largest absolute Gasteiger partial charge is 0.426 e. The van der Waals surface area contributed by atoms with Gasteiger partial charge in [0.15, 0.2) is 17.8 Å². The molecule has 0 spiro atoms.